The summed E-state index contributed by atoms with van der Waals surface area (Å²) in [6.45, 7) is 5.28. The Morgan fingerprint density at radius 2 is 2.23 bits per heavy atom. The van der Waals surface area contributed by atoms with Gasteiger partial charge in [0.2, 0.25) is 5.88 Å². The van der Waals surface area contributed by atoms with Crippen LogP contribution < -0.4 is 4.74 Å². The third-order valence-corrected chi connectivity index (χ3v) is 4.70. The summed E-state index contributed by atoms with van der Waals surface area (Å²) in [6.07, 6.45) is 1.86. The number of ether oxygens (including phenoxy) is 1. The minimum Gasteiger partial charge on any atom is -0.471 e. The third kappa shape index (κ3) is 3.44. The lowest BCUT2D eigenvalue weighted by molar-refractivity contribution is 0.0529. The Morgan fingerprint density at radius 3 is 2.91 bits per heavy atom. The van der Waals surface area contributed by atoms with Crippen molar-refractivity contribution in [3.05, 3.63) is 39.7 Å². The maximum atomic E-state index is 12.5. The molecule has 1 fully saturated rings. The van der Waals surface area contributed by atoms with Crippen LogP contribution in [-0.2, 0) is 0 Å². The van der Waals surface area contributed by atoms with Crippen LogP contribution in [-0.4, -0.2) is 40.2 Å². The first kappa shape index (κ1) is 15.0. The smallest absolute Gasteiger partial charge is 0.264 e. The van der Waals surface area contributed by atoms with E-state index < -0.39 is 0 Å². The number of aryl methyl sites for hydroxylation is 2. The first-order chi connectivity index (χ1) is 10.6. The number of carbonyl (C=O) groups excluding carboxylic acids is 1. The van der Waals surface area contributed by atoms with Crippen molar-refractivity contribution in [3.8, 4) is 5.88 Å². The Bertz CT molecular complexity index is 654. The Morgan fingerprint density at radius 1 is 1.36 bits per heavy atom. The number of likely N-dealkylation sites (tertiary alicyclic amines) is 1. The summed E-state index contributed by atoms with van der Waals surface area (Å²) in [6, 6.07) is 5.65. The topological polar surface area (TPSA) is 55.3 Å². The van der Waals surface area contributed by atoms with E-state index >= 15 is 0 Å². The van der Waals surface area contributed by atoms with E-state index in [1.165, 1.54) is 11.3 Å². The van der Waals surface area contributed by atoms with E-state index in [0.717, 1.165) is 35.5 Å². The van der Waals surface area contributed by atoms with E-state index in [0.29, 0.717) is 12.4 Å². The lowest BCUT2D eigenvalue weighted by atomic mass is 10.1. The van der Waals surface area contributed by atoms with Gasteiger partial charge in [-0.3, -0.25) is 4.79 Å². The highest BCUT2D eigenvalue weighted by Gasteiger charge is 2.26. The van der Waals surface area contributed by atoms with E-state index in [1.54, 1.807) is 0 Å². The molecule has 0 spiro atoms. The highest BCUT2D eigenvalue weighted by molar-refractivity contribution is 7.12. The van der Waals surface area contributed by atoms with Crippen LogP contribution in [0.5, 0.6) is 5.88 Å². The van der Waals surface area contributed by atoms with Gasteiger partial charge in [-0.2, -0.15) is 5.10 Å². The van der Waals surface area contributed by atoms with Crippen molar-refractivity contribution >= 4 is 17.2 Å². The summed E-state index contributed by atoms with van der Waals surface area (Å²) in [5.74, 6) is 0.623. The van der Waals surface area contributed by atoms with Gasteiger partial charge in [-0.1, -0.05) is 0 Å². The van der Waals surface area contributed by atoms with Gasteiger partial charge in [-0.25, -0.2) is 0 Å². The fourth-order valence-corrected chi connectivity index (χ4v) is 3.40. The molecular formula is C16H19N3O2S. The molecule has 0 saturated carbocycles. The van der Waals surface area contributed by atoms with E-state index in [1.807, 2.05) is 42.3 Å². The molecule has 0 aliphatic carbocycles. The number of nitrogens with zero attached hydrogens (tertiary/aromatic N) is 3. The quantitative estimate of drug-likeness (QED) is 0.873. The van der Waals surface area contributed by atoms with Crippen molar-refractivity contribution in [1.29, 1.82) is 0 Å². The van der Waals surface area contributed by atoms with Crippen molar-refractivity contribution in [2.24, 2.45) is 0 Å². The van der Waals surface area contributed by atoms with Crippen LogP contribution in [0.4, 0.5) is 0 Å². The molecule has 0 radical (unpaired) electrons. The molecule has 116 valence electrons. The first-order valence-electron chi connectivity index (χ1n) is 7.43. The SMILES string of the molecule is Cc1csc(C(=O)N2CCC[C@@H](Oc3ccc(C)nn3)C2)c1. The zero-order valence-electron chi connectivity index (χ0n) is 12.8. The maximum Gasteiger partial charge on any atom is 0.264 e. The van der Waals surface area contributed by atoms with Gasteiger partial charge in [0.15, 0.2) is 0 Å². The van der Waals surface area contributed by atoms with E-state index in [9.17, 15) is 4.79 Å². The van der Waals surface area contributed by atoms with Crippen LogP contribution in [0.3, 0.4) is 0 Å². The number of rotatable bonds is 3. The summed E-state index contributed by atoms with van der Waals surface area (Å²) in [5, 5.41) is 10.0. The Labute approximate surface area is 133 Å². The van der Waals surface area contributed by atoms with Gasteiger partial charge < -0.3 is 9.64 Å². The summed E-state index contributed by atoms with van der Waals surface area (Å²) in [5.41, 5.74) is 1.99. The van der Waals surface area contributed by atoms with Gasteiger partial charge in [0.25, 0.3) is 5.91 Å². The van der Waals surface area contributed by atoms with Gasteiger partial charge in [0.05, 0.1) is 17.1 Å². The monoisotopic (exact) mass is 317 g/mol. The molecule has 1 amide bonds. The van der Waals surface area contributed by atoms with Crippen LogP contribution in [0.15, 0.2) is 23.6 Å². The summed E-state index contributed by atoms with van der Waals surface area (Å²) in [7, 11) is 0. The molecular weight excluding hydrogens is 298 g/mol. The second-order valence-corrected chi connectivity index (χ2v) is 6.55. The molecule has 0 unspecified atom stereocenters. The highest BCUT2D eigenvalue weighted by atomic mass is 32.1. The van der Waals surface area contributed by atoms with Gasteiger partial charge in [-0.05, 0) is 49.8 Å². The Kier molecular flexibility index (Phi) is 4.38. The molecule has 2 aromatic heterocycles. The minimum absolute atomic E-state index is 0.0178. The Balaban J connectivity index is 1.63. The first-order valence-corrected chi connectivity index (χ1v) is 8.31. The lowest BCUT2D eigenvalue weighted by Crippen LogP contribution is -2.44. The zero-order chi connectivity index (χ0) is 15.5. The number of hydrogen-bond acceptors (Lipinski definition) is 5. The molecule has 5 nitrogen and oxygen atoms in total. The van der Waals surface area contributed by atoms with Gasteiger partial charge in [0, 0.05) is 12.6 Å². The molecule has 0 N–H and O–H groups in total. The van der Waals surface area contributed by atoms with Crippen molar-refractivity contribution < 1.29 is 9.53 Å². The van der Waals surface area contributed by atoms with Crippen LogP contribution in [0, 0.1) is 13.8 Å². The second-order valence-electron chi connectivity index (χ2n) is 5.63. The minimum atomic E-state index is -0.0178. The molecule has 0 aromatic carbocycles. The molecule has 0 bridgehead atoms. The normalized spacial score (nSPS) is 18.3. The molecule has 6 heteroatoms. The number of amides is 1. The van der Waals surface area contributed by atoms with Crippen molar-refractivity contribution in [3.63, 3.8) is 0 Å². The fraction of sp³-hybridized carbons (Fsp3) is 0.438. The molecule has 1 atom stereocenters. The van der Waals surface area contributed by atoms with E-state index in [2.05, 4.69) is 10.2 Å². The van der Waals surface area contributed by atoms with Crippen LogP contribution >= 0.6 is 11.3 Å². The molecule has 3 rings (SSSR count). The number of thiophene rings is 1. The summed E-state index contributed by atoms with van der Waals surface area (Å²) >= 11 is 1.50. The number of piperidine rings is 1. The Hall–Kier alpha value is -1.95. The van der Waals surface area contributed by atoms with Crippen LogP contribution in [0.2, 0.25) is 0 Å². The average molecular weight is 317 g/mol. The van der Waals surface area contributed by atoms with Crippen molar-refractivity contribution in [2.75, 3.05) is 13.1 Å². The molecule has 3 heterocycles. The highest BCUT2D eigenvalue weighted by Crippen LogP contribution is 2.21. The molecule has 22 heavy (non-hydrogen) atoms. The average Bonchev–Trinajstić information content (AvgIpc) is 2.96. The van der Waals surface area contributed by atoms with E-state index in [4.69, 9.17) is 4.74 Å². The van der Waals surface area contributed by atoms with Gasteiger partial charge in [-0.15, -0.1) is 16.4 Å². The summed E-state index contributed by atoms with van der Waals surface area (Å²) < 4.78 is 5.87. The van der Waals surface area contributed by atoms with Crippen molar-refractivity contribution in [2.45, 2.75) is 32.8 Å². The van der Waals surface area contributed by atoms with Gasteiger partial charge >= 0.3 is 0 Å². The largest absolute Gasteiger partial charge is 0.471 e. The predicted octanol–water partition coefficient (Wildman–Crippen LogP) is 2.84. The zero-order valence-corrected chi connectivity index (χ0v) is 13.6. The number of hydrogen-bond donors (Lipinski definition) is 0. The van der Waals surface area contributed by atoms with Crippen LogP contribution in [0.25, 0.3) is 0 Å². The molecule has 1 saturated heterocycles. The predicted molar refractivity (Wildman–Crippen MR) is 85.4 cm³/mol. The second kappa shape index (κ2) is 6.44. The number of aromatic nitrogens is 2. The number of carbonyl (C=O) groups is 1. The molecule has 1 aliphatic heterocycles. The maximum absolute atomic E-state index is 12.5. The van der Waals surface area contributed by atoms with Crippen molar-refractivity contribution in [1.82, 2.24) is 15.1 Å². The lowest BCUT2D eigenvalue weighted by Gasteiger charge is -2.32. The summed E-state index contributed by atoms with van der Waals surface area (Å²) in [4.78, 5) is 15.2. The molecule has 1 aliphatic rings. The third-order valence-electron chi connectivity index (χ3n) is 3.67. The van der Waals surface area contributed by atoms with Crippen LogP contribution in [0.1, 0.15) is 33.8 Å². The van der Waals surface area contributed by atoms with Gasteiger partial charge in [0.1, 0.15) is 6.10 Å². The van der Waals surface area contributed by atoms with E-state index in [-0.39, 0.29) is 12.0 Å². The standard InChI is InChI=1S/C16H19N3O2S/c1-11-8-14(22-10-11)16(20)19-7-3-4-13(9-19)21-15-6-5-12(2)17-18-15/h5-6,8,10,13H,3-4,7,9H2,1-2H3/t13-/m1/s1. The fourth-order valence-electron chi connectivity index (χ4n) is 2.54. The molecule has 2 aromatic rings.